The average Bonchev–Trinajstić information content (AvgIpc) is 2.28. The standard InChI is InChI=1S/C14H23N3/c1-11-5-12(2)9-17(8-11)10-14-4-3-13(6-15)7-16-14/h3-4,7,11-12H,5-6,8-10,15H2,1-2H3. The van der Waals surface area contributed by atoms with Gasteiger partial charge in [-0.15, -0.1) is 0 Å². The molecule has 17 heavy (non-hydrogen) atoms. The third kappa shape index (κ3) is 3.51. The fourth-order valence-electron chi connectivity index (χ4n) is 2.82. The van der Waals surface area contributed by atoms with Crippen molar-refractivity contribution in [2.24, 2.45) is 17.6 Å². The van der Waals surface area contributed by atoms with E-state index < -0.39 is 0 Å². The van der Waals surface area contributed by atoms with Gasteiger partial charge < -0.3 is 5.73 Å². The molecule has 0 aromatic carbocycles. The van der Waals surface area contributed by atoms with Gasteiger partial charge in [-0.2, -0.15) is 0 Å². The van der Waals surface area contributed by atoms with Gasteiger partial charge in [0.2, 0.25) is 0 Å². The number of nitrogens with two attached hydrogens (primary N) is 1. The molecule has 3 nitrogen and oxygen atoms in total. The summed E-state index contributed by atoms with van der Waals surface area (Å²) in [4.78, 5) is 6.99. The molecule has 0 saturated carbocycles. The lowest BCUT2D eigenvalue weighted by atomic mass is 9.92. The summed E-state index contributed by atoms with van der Waals surface area (Å²) >= 11 is 0. The van der Waals surface area contributed by atoms with Crippen LogP contribution in [0.2, 0.25) is 0 Å². The SMILES string of the molecule is CC1CC(C)CN(Cc2ccc(CN)cn2)C1. The first-order chi connectivity index (χ1) is 8.17. The van der Waals surface area contributed by atoms with Crippen molar-refractivity contribution < 1.29 is 0 Å². The fraction of sp³-hybridized carbons (Fsp3) is 0.643. The first-order valence-corrected chi connectivity index (χ1v) is 6.53. The fourth-order valence-corrected chi connectivity index (χ4v) is 2.82. The first-order valence-electron chi connectivity index (χ1n) is 6.53. The molecular weight excluding hydrogens is 210 g/mol. The molecule has 1 fully saturated rings. The number of aromatic nitrogens is 1. The van der Waals surface area contributed by atoms with Crippen LogP contribution >= 0.6 is 0 Å². The maximum atomic E-state index is 5.57. The molecule has 1 aromatic rings. The van der Waals surface area contributed by atoms with E-state index in [1.165, 1.54) is 19.5 Å². The zero-order valence-corrected chi connectivity index (χ0v) is 10.9. The lowest BCUT2D eigenvalue weighted by Gasteiger charge is -2.34. The molecule has 2 N–H and O–H groups in total. The molecule has 0 aliphatic carbocycles. The molecule has 1 aliphatic heterocycles. The normalized spacial score (nSPS) is 26.1. The molecule has 1 saturated heterocycles. The van der Waals surface area contributed by atoms with Crippen LogP contribution in [0, 0.1) is 11.8 Å². The van der Waals surface area contributed by atoms with Gasteiger partial charge in [-0.3, -0.25) is 9.88 Å². The Balaban J connectivity index is 1.95. The number of rotatable bonds is 3. The number of piperidine rings is 1. The Bertz CT molecular complexity index is 337. The molecule has 94 valence electrons. The van der Waals surface area contributed by atoms with Gasteiger partial charge in [0.1, 0.15) is 0 Å². The van der Waals surface area contributed by atoms with E-state index in [9.17, 15) is 0 Å². The second-order valence-electron chi connectivity index (χ2n) is 5.50. The number of hydrogen-bond acceptors (Lipinski definition) is 3. The molecular formula is C14H23N3. The molecule has 1 aliphatic rings. The van der Waals surface area contributed by atoms with Crippen LogP contribution in [0.1, 0.15) is 31.5 Å². The molecule has 2 atom stereocenters. The van der Waals surface area contributed by atoms with Crippen molar-refractivity contribution in [3.8, 4) is 0 Å². The molecule has 2 heterocycles. The maximum absolute atomic E-state index is 5.57. The van der Waals surface area contributed by atoms with Gasteiger partial charge in [0.05, 0.1) is 5.69 Å². The molecule has 1 aromatic heterocycles. The molecule has 2 rings (SSSR count). The van der Waals surface area contributed by atoms with Crippen molar-refractivity contribution in [2.45, 2.75) is 33.4 Å². The van der Waals surface area contributed by atoms with Gasteiger partial charge in [-0.25, -0.2) is 0 Å². The third-order valence-electron chi connectivity index (χ3n) is 3.45. The van der Waals surface area contributed by atoms with Gasteiger partial charge in [0.25, 0.3) is 0 Å². The highest BCUT2D eigenvalue weighted by molar-refractivity contribution is 5.13. The molecule has 0 amide bonds. The van der Waals surface area contributed by atoms with Crippen molar-refractivity contribution >= 4 is 0 Å². The zero-order chi connectivity index (χ0) is 12.3. The quantitative estimate of drug-likeness (QED) is 0.868. The lowest BCUT2D eigenvalue weighted by Crippen LogP contribution is -2.38. The lowest BCUT2D eigenvalue weighted by molar-refractivity contribution is 0.133. The van der Waals surface area contributed by atoms with E-state index in [4.69, 9.17) is 5.73 Å². The van der Waals surface area contributed by atoms with Crippen molar-refractivity contribution in [1.82, 2.24) is 9.88 Å². The minimum Gasteiger partial charge on any atom is -0.326 e. The molecule has 0 bridgehead atoms. The summed E-state index contributed by atoms with van der Waals surface area (Å²) in [6, 6.07) is 4.19. The van der Waals surface area contributed by atoms with Gasteiger partial charge >= 0.3 is 0 Å². The number of pyridine rings is 1. The van der Waals surface area contributed by atoms with Crippen LogP contribution < -0.4 is 5.73 Å². The molecule has 0 spiro atoms. The van der Waals surface area contributed by atoms with E-state index in [1.807, 2.05) is 6.20 Å². The van der Waals surface area contributed by atoms with Crippen LogP contribution in [0.5, 0.6) is 0 Å². The van der Waals surface area contributed by atoms with Gasteiger partial charge in [-0.05, 0) is 29.9 Å². The maximum Gasteiger partial charge on any atom is 0.0544 e. The molecule has 2 unspecified atom stereocenters. The van der Waals surface area contributed by atoms with E-state index in [1.54, 1.807) is 0 Å². The monoisotopic (exact) mass is 233 g/mol. The van der Waals surface area contributed by atoms with Crippen molar-refractivity contribution in [1.29, 1.82) is 0 Å². The van der Waals surface area contributed by atoms with Crippen LogP contribution in [0.25, 0.3) is 0 Å². The summed E-state index contributed by atoms with van der Waals surface area (Å²) in [6.07, 6.45) is 3.25. The zero-order valence-electron chi connectivity index (χ0n) is 10.9. The highest BCUT2D eigenvalue weighted by Crippen LogP contribution is 2.22. The highest BCUT2D eigenvalue weighted by atomic mass is 15.1. The Morgan fingerprint density at radius 2 is 2.00 bits per heavy atom. The summed E-state index contributed by atoms with van der Waals surface area (Å²) in [7, 11) is 0. The molecule has 3 heteroatoms. The van der Waals surface area contributed by atoms with Crippen LogP contribution in [-0.2, 0) is 13.1 Å². The van der Waals surface area contributed by atoms with Gasteiger partial charge in [0, 0.05) is 32.4 Å². The average molecular weight is 233 g/mol. The van der Waals surface area contributed by atoms with Gasteiger partial charge in [-0.1, -0.05) is 19.9 Å². The topological polar surface area (TPSA) is 42.1 Å². The summed E-state index contributed by atoms with van der Waals surface area (Å²) in [6.45, 7) is 8.63. The smallest absolute Gasteiger partial charge is 0.0544 e. The summed E-state index contributed by atoms with van der Waals surface area (Å²) < 4.78 is 0. The number of hydrogen-bond donors (Lipinski definition) is 1. The van der Waals surface area contributed by atoms with Crippen LogP contribution in [-0.4, -0.2) is 23.0 Å². The van der Waals surface area contributed by atoms with Crippen molar-refractivity contribution in [3.05, 3.63) is 29.6 Å². The van der Waals surface area contributed by atoms with E-state index in [0.29, 0.717) is 6.54 Å². The second kappa shape index (κ2) is 5.61. The number of likely N-dealkylation sites (tertiary alicyclic amines) is 1. The predicted octanol–water partition coefficient (Wildman–Crippen LogP) is 2.02. The molecule has 0 radical (unpaired) electrons. The minimum absolute atomic E-state index is 0.574. The van der Waals surface area contributed by atoms with E-state index in [0.717, 1.165) is 29.6 Å². The van der Waals surface area contributed by atoms with Crippen molar-refractivity contribution in [2.75, 3.05) is 13.1 Å². The Hall–Kier alpha value is -0.930. The van der Waals surface area contributed by atoms with Gasteiger partial charge in [0.15, 0.2) is 0 Å². The predicted molar refractivity (Wildman–Crippen MR) is 70.4 cm³/mol. The third-order valence-corrected chi connectivity index (χ3v) is 3.45. The highest BCUT2D eigenvalue weighted by Gasteiger charge is 2.21. The second-order valence-corrected chi connectivity index (χ2v) is 5.50. The van der Waals surface area contributed by atoms with E-state index >= 15 is 0 Å². The summed E-state index contributed by atoms with van der Waals surface area (Å²) in [5, 5.41) is 0. The first kappa shape index (κ1) is 12.5. The Morgan fingerprint density at radius 3 is 2.53 bits per heavy atom. The van der Waals surface area contributed by atoms with E-state index in [-0.39, 0.29) is 0 Å². The summed E-state index contributed by atoms with van der Waals surface area (Å²) in [5.41, 5.74) is 7.83. The minimum atomic E-state index is 0.574. The van der Waals surface area contributed by atoms with Crippen LogP contribution in [0.3, 0.4) is 0 Å². The van der Waals surface area contributed by atoms with Crippen molar-refractivity contribution in [3.63, 3.8) is 0 Å². The van der Waals surface area contributed by atoms with Crippen LogP contribution in [0.4, 0.5) is 0 Å². The Labute approximate surface area is 104 Å². The largest absolute Gasteiger partial charge is 0.326 e. The number of nitrogens with zero attached hydrogens (tertiary/aromatic N) is 2. The Kier molecular flexibility index (Phi) is 4.13. The summed E-state index contributed by atoms with van der Waals surface area (Å²) in [5.74, 6) is 1.61. The van der Waals surface area contributed by atoms with Crippen LogP contribution in [0.15, 0.2) is 18.3 Å². The van der Waals surface area contributed by atoms with E-state index in [2.05, 4.69) is 35.9 Å². The Morgan fingerprint density at radius 1 is 1.29 bits per heavy atom.